The van der Waals surface area contributed by atoms with Crippen LogP contribution in [0.25, 0.3) is 0 Å². The number of hydrogen-bond acceptors (Lipinski definition) is 2. The Labute approximate surface area is 167 Å². The van der Waals surface area contributed by atoms with Gasteiger partial charge in [-0.25, -0.2) is 0 Å². The Kier molecular flexibility index (Phi) is 27.3. The average molecular weight is 433 g/mol. The first-order chi connectivity index (χ1) is 11.6. The van der Waals surface area contributed by atoms with Crippen LogP contribution in [0, 0.1) is 0 Å². The summed E-state index contributed by atoms with van der Waals surface area (Å²) in [6.07, 6.45) is 17.3. The second kappa shape index (κ2) is 24.0. The number of hydrogen-bond donors (Lipinski definition) is 0. The second-order valence-electron chi connectivity index (χ2n) is 7.04. The average Bonchev–Trinajstić information content (AvgIpc) is 2.54. The maximum absolute atomic E-state index is 4.67. The van der Waals surface area contributed by atoms with E-state index in [1.54, 1.807) is 0 Å². The van der Waals surface area contributed by atoms with Crippen molar-refractivity contribution in [3.05, 3.63) is 0 Å². The van der Waals surface area contributed by atoms with Gasteiger partial charge in [-0.2, -0.15) is 0 Å². The van der Waals surface area contributed by atoms with Crippen LogP contribution >= 0.6 is 20.2 Å². The fraction of sp³-hybridized carbons (Fsp3) is 1.00. The van der Waals surface area contributed by atoms with Gasteiger partial charge in [0.2, 0.25) is 0 Å². The van der Waals surface area contributed by atoms with Crippen molar-refractivity contribution in [3.8, 4) is 0 Å². The first-order valence-corrected chi connectivity index (χ1v) is 12.3. The van der Waals surface area contributed by atoms with Gasteiger partial charge >= 0.3 is 33.3 Å². The van der Waals surface area contributed by atoms with E-state index in [0.29, 0.717) is 0 Å². The number of nitrogens with zero attached hydrogens (tertiary/aromatic N) is 2. The molecule has 0 saturated heterocycles. The first kappa shape index (κ1) is 27.2. The summed E-state index contributed by atoms with van der Waals surface area (Å²) in [7, 11) is 15.9. The Morgan fingerprint density at radius 3 is 1.33 bits per heavy atom. The van der Waals surface area contributed by atoms with Crippen molar-refractivity contribution in [2.24, 2.45) is 0 Å². The Morgan fingerprint density at radius 1 is 0.583 bits per heavy atom. The summed E-state index contributed by atoms with van der Waals surface area (Å²) in [5.74, 6) is 0. The zero-order valence-corrected chi connectivity index (χ0v) is 19.0. The molecule has 0 aromatic carbocycles. The molecule has 0 unspecified atom stereocenters. The van der Waals surface area contributed by atoms with Crippen molar-refractivity contribution in [2.45, 2.75) is 84.0 Å². The molecule has 0 heterocycles. The number of halogens is 2. The van der Waals surface area contributed by atoms with Crippen LogP contribution < -0.4 is 0 Å². The summed E-state index contributed by atoms with van der Waals surface area (Å²) in [6.45, 7) is 5.94. The normalized spacial score (nSPS) is 11.2. The van der Waals surface area contributed by atoms with Gasteiger partial charge in [0, 0.05) is 13.1 Å². The fourth-order valence-electron chi connectivity index (χ4n) is 2.71. The third kappa shape index (κ3) is 27.8. The molecular formula is C19H42Cl2CuN2. The van der Waals surface area contributed by atoms with E-state index in [9.17, 15) is 0 Å². The summed E-state index contributed by atoms with van der Waals surface area (Å²) in [4.78, 5) is 4.73. The molecule has 153 valence electrons. The zero-order valence-electron chi connectivity index (χ0n) is 16.6. The predicted octanol–water partition coefficient (Wildman–Crippen LogP) is 6.56. The Morgan fingerprint density at radius 2 is 0.958 bits per heavy atom. The Hall–Kier alpha value is 1.02. The molecule has 0 radical (unpaired) electrons. The van der Waals surface area contributed by atoms with Crippen molar-refractivity contribution >= 4 is 20.2 Å². The molecule has 0 aromatic rings. The first-order valence-electron chi connectivity index (χ1n) is 9.73. The van der Waals surface area contributed by atoms with E-state index in [4.69, 9.17) is 0 Å². The molecule has 0 aliphatic heterocycles. The maximum atomic E-state index is 4.67. The van der Waals surface area contributed by atoms with E-state index in [1.807, 2.05) is 0 Å². The minimum atomic E-state index is 0.757. The van der Waals surface area contributed by atoms with Gasteiger partial charge in [-0.3, -0.25) is 0 Å². The number of unbranched alkanes of at least 4 members (excludes halogenated alkanes) is 11. The zero-order chi connectivity index (χ0) is 18.5. The number of rotatable bonds is 16. The van der Waals surface area contributed by atoms with E-state index in [0.717, 1.165) is 13.1 Å². The van der Waals surface area contributed by atoms with Gasteiger partial charge in [-0.1, -0.05) is 77.6 Å². The molecule has 0 aliphatic rings. The molecule has 0 amide bonds. The minimum absolute atomic E-state index is 0.757. The van der Waals surface area contributed by atoms with Crippen molar-refractivity contribution in [3.63, 3.8) is 0 Å². The molecule has 0 rings (SSSR count). The molecule has 0 aromatic heterocycles. The Balaban J connectivity index is 0. The molecule has 0 N–H and O–H groups in total. The van der Waals surface area contributed by atoms with E-state index in [1.165, 1.54) is 96.7 Å². The van der Waals surface area contributed by atoms with Gasteiger partial charge in [0.05, 0.1) is 0 Å². The van der Waals surface area contributed by atoms with Gasteiger partial charge < -0.3 is 9.80 Å². The van der Waals surface area contributed by atoms with Crippen LogP contribution in [-0.2, 0) is 13.1 Å². The molecule has 0 saturated carbocycles. The van der Waals surface area contributed by atoms with Crippen LogP contribution in [0.5, 0.6) is 0 Å². The third-order valence-electron chi connectivity index (χ3n) is 4.32. The van der Waals surface area contributed by atoms with Gasteiger partial charge in [0.15, 0.2) is 0 Å². The van der Waals surface area contributed by atoms with E-state index in [-0.39, 0.29) is 0 Å². The summed E-state index contributed by atoms with van der Waals surface area (Å²) in [6, 6.07) is 0. The molecule has 0 spiro atoms. The molecule has 0 aliphatic carbocycles. The van der Waals surface area contributed by atoms with E-state index >= 15 is 0 Å². The van der Waals surface area contributed by atoms with Crippen LogP contribution in [0.3, 0.4) is 0 Å². The van der Waals surface area contributed by atoms with Gasteiger partial charge in [0.1, 0.15) is 0 Å². The van der Waals surface area contributed by atoms with E-state index < -0.39 is 0 Å². The molecule has 0 fully saturated rings. The van der Waals surface area contributed by atoms with Crippen molar-refractivity contribution in [1.82, 2.24) is 9.80 Å². The fourth-order valence-corrected chi connectivity index (χ4v) is 2.71. The Bertz CT molecular complexity index is 220. The van der Waals surface area contributed by atoms with Gasteiger partial charge in [0.25, 0.3) is 0 Å². The van der Waals surface area contributed by atoms with Crippen LogP contribution in [-0.4, -0.2) is 50.6 Å². The third-order valence-corrected chi connectivity index (χ3v) is 4.32. The summed E-state index contributed by atoms with van der Waals surface area (Å²) < 4.78 is 0. The molecule has 2 nitrogen and oxygen atoms in total. The molecule has 0 bridgehead atoms. The SMILES string of the molecule is CCCCCCCCCCCCCCN(C)CCN(C)C.[Cl][Cu][Cl]. The van der Waals surface area contributed by atoms with Gasteiger partial charge in [-0.05, 0) is 34.1 Å². The molecule has 24 heavy (non-hydrogen) atoms. The molecular weight excluding hydrogens is 391 g/mol. The van der Waals surface area contributed by atoms with Gasteiger partial charge in [-0.15, -0.1) is 0 Å². The van der Waals surface area contributed by atoms with Crippen LogP contribution in [0.2, 0.25) is 0 Å². The monoisotopic (exact) mass is 431 g/mol. The quantitative estimate of drug-likeness (QED) is 0.201. The summed E-state index contributed by atoms with van der Waals surface area (Å²) >= 11 is 0.757. The van der Waals surface area contributed by atoms with Crippen molar-refractivity contribution in [1.29, 1.82) is 0 Å². The standard InChI is InChI=1S/C19H42N2.2ClH.Cu/c1-5-6-7-8-9-10-11-12-13-14-15-16-17-21(4)19-18-20(2)3;;;/h5-19H2,1-4H3;2*1H;/q;;;+2/p-2. The summed E-state index contributed by atoms with van der Waals surface area (Å²) in [5, 5.41) is 0. The molecule has 5 heteroatoms. The number of likely N-dealkylation sites (N-methyl/N-ethyl adjacent to an activating group) is 2. The van der Waals surface area contributed by atoms with Crippen molar-refractivity contribution in [2.75, 3.05) is 40.8 Å². The topological polar surface area (TPSA) is 6.48 Å². The summed E-state index contributed by atoms with van der Waals surface area (Å²) in [5.41, 5.74) is 0. The second-order valence-corrected chi connectivity index (χ2v) is 8.59. The molecule has 0 atom stereocenters. The van der Waals surface area contributed by atoms with E-state index in [2.05, 4.69) is 58.1 Å². The van der Waals surface area contributed by atoms with Crippen molar-refractivity contribution < 1.29 is 13.1 Å². The predicted molar refractivity (Wildman–Crippen MR) is 109 cm³/mol. The van der Waals surface area contributed by atoms with Crippen LogP contribution in [0.15, 0.2) is 0 Å². The van der Waals surface area contributed by atoms with Crippen LogP contribution in [0.4, 0.5) is 0 Å². The van der Waals surface area contributed by atoms with Crippen LogP contribution in [0.1, 0.15) is 84.0 Å².